The molecule has 1 aromatic carbocycles. The molecule has 2 N–H and O–H groups in total. The van der Waals surface area contributed by atoms with Crippen molar-refractivity contribution in [2.75, 3.05) is 37.6 Å². The van der Waals surface area contributed by atoms with Crippen molar-refractivity contribution in [3.05, 3.63) is 34.7 Å². The number of rotatable bonds is 6. The number of imide groups is 1. The molecule has 0 radical (unpaired) electrons. The normalized spacial score (nSPS) is 18.0. The second-order valence-corrected chi connectivity index (χ2v) is 10.2. The van der Waals surface area contributed by atoms with E-state index < -0.39 is 11.7 Å². The summed E-state index contributed by atoms with van der Waals surface area (Å²) in [5, 5.41) is 4.60. The van der Waals surface area contributed by atoms with Crippen molar-refractivity contribution in [3.63, 3.8) is 0 Å². The molecule has 2 aliphatic rings. The zero-order chi connectivity index (χ0) is 24.7. The van der Waals surface area contributed by atoms with Gasteiger partial charge in [0.2, 0.25) is 5.91 Å². The number of amides is 4. The van der Waals surface area contributed by atoms with E-state index in [9.17, 15) is 19.2 Å². The molecule has 10 heteroatoms. The maximum atomic E-state index is 12.7. The van der Waals surface area contributed by atoms with Gasteiger partial charge in [-0.3, -0.25) is 19.7 Å². The van der Waals surface area contributed by atoms with Crippen LogP contribution < -0.4 is 15.5 Å². The van der Waals surface area contributed by atoms with Crippen LogP contribution in [0.25, 0.3) is 6.08 Å². The summed E-state index contributed by atoms with van der Waals surface area (Å²) in [4.78, 5) is 52.3. The van der Waals surface area contributed by atoms with E-state index in [1.165, 1.54) is 0 Å². The number of benzene rings is 1. The van der Waals surface area contributed by atoms with Crippen molar-refractivity contribution in [2.45, 2.75) is 45.6 Å². The highest BCUT2D eigenvalue weighted by Crippen LogP contribution is 2.30. The van der Waals surface area contributed by atoms with Gasteiger partial charge in [-0.15, -0.1) is 0 Å². The number of hydrogen-bond acceptors (Lipinski definition) is 7. The lowest BCUT2D eigenvalue weighted by Gasteiger charge is -2.25. The number of anilines is 1. The van der Waals surface area contributed by atoms with Gasteiger partial charge in [-0.1, -0.05) is 18.2 Å². The van der Waals surface area contributed by atoms with E-state index in [0.29, 0.717) is 43.9 Å². The van der Waals surface area contributed by atoms with Crippen LogP contribution in [-0.2, 0) is 14.3 Å². The molecular formula is C24H32N4O5S. The summed E-state index contributed by atoms with van der Waals surface area (Å²) < 4.78 is 5.20. The Balaban J connectivity index is 1.52. The fourth-order valence-corrected chi connectivity index (χ4v) is 4.44. The van der Waals surface area contributed by atoms with Crippen molar-refractivity contribution < 1.29 is 23.9 Å². The quantitative estimate of drug-likeness (QED) is 0.467. The van der Waals surface area contributed by atoms with Crippen LogP contribution in [-0.4, -0.2) is 66.4 Å². The highest BCUT2D eigenvalue weighted by Gasteiger charge is 2.26. The molecule has 0 bridgehead atoms. The van der Waals surface area contributed by atoms with Gasteiger partial charge >= 0.3 is 6.09 Å². The molecule has 0 aromatic heterocycles. The Morgan fingerprint density at radius 1 is 1.15 bits per heavy atom. The SMILES string of the molecule is CC(C)(C)OC(=O)NCCCC(=O)N1CCCN(c2ccccc2/C=C2/SC(=O)NC2=O)CC1. The molecule has 0 atom stereocenters. The first-order chi connectivity index (χ1) is 16.1. The largest absolute Gasteiger partial charge is 0.444 e. The summed E-state index contributed by atoms with van der Waals surface area (Å²) in [6.45, 7) is 8.51. The molecule has 34 heavy (non-hydrogen) atoms. The Bertz CT molecular complexity index is 972. The fraction of sp³-hybridized carbons (Fsp3) is 0.500. The predicted molar refractivity (Wildman–Crippen MR) is 132 cm³/mol. The van der Waals surface area contributed by atoms with Crippen molar-refractivity contribution in [2.24, 2.45) is 0 Å². The number of alkyl carbamates (subject to hydrolysis) is 1. The van der Waals surface area contributed by atoms with Gasteiger partial charge < -0.3 is 19.9 Å². The van der Waals surface area contributed by atoms with Crippen LogP contribution in [0.5, 0.6) is 0 Å². The molecule has 1 aromatic rings. The number of ether oxygens (including phenoxy) is 1. The lowest BCUT2D eigenvalue weighted by Crippen LogP contribution is -2.36. The van der Waals surface area contributed by atoms with Gasteiger partial charge in [0.1, 0.15) is 5.60 Å². The van der Waals surface area contributed by atoms with Crippen molar-refractivity contribution >= 4 is 46.7 Å². The smallest absolute Gasteiger partial charge is 0.407 e. The topological polar surface area (TPSA) is 108 Å². The molecule has 9 nitrogen and oxygen atoms in total. The summed E-state index contributed by atoms with van der Waals surface area (Å²) in [7, 11) is 0. The van der Waals surface area contributed by atoms with E-state index in [2.05, 4.69) is 15.5 Å². The van der Waals surface area contributed by atoms with Gasteiger partial charge in [-0.25, -0.2) is 4.79 Å². The van der Waals surface area contributed by atoms with E-state index >= 15 is 0 Å². The van der Waals surface area contributed by atoms with Crippen molar-refractivity contribution in [1.29, 1.82) is 0 Å². The third-order valence-corrected chi connectivity index (χ3v) is 6.10. The molecular weight excluding hydrogens is 456 g/mol. The summed E-state index contributed by atoms with van der Waals surface area (Å²) in [6, 6.07) is 7.75. The van der Waals surface area contributed by atoms with E-state index in [-0.39, 0.29) is 17.1 Å². The fourth-order valence-electron chi connectivity index (χ4n) is 3.77. The Morgan fingerprint density at radius 2 is 1.91 bits per heavy atom. The van der Waals surface area contributed by atoms with Crippen LogP contribution in [0.15, 0.2) is 29.2 Å². The first-order valence-electron chi connectivity index (χ1n) is 11.5. The first kappa shape index (κ1) is 25.6. The van der Waals surface area contributed by atoms with Gasteiger partial charge in [-0.2, -0.15) is 0 Å². The molecule has 0 saturated carbocycles. The summed E-state index contributed by atoms with van der Waals surface area (Å²) in [5.74, 6) is -0.306. The minimum atomic E-state index is -0.549. The van der Waals surface area contributed by atoms with E-state index in [1.807, 2.05) is 29.2 Å². The zero-order valence-electron chi connectivity index (χ0n) is 19.9. The predicted octanol–water partition coefficient (Wildman–Crippen LogP) is 3.35. The molecule has 0 unspecified atom stereocenters. The highest BCUT2D eigenvalue weighted by atomic mass is 32.2. The maximum absolute atomic E-state index is 12.7. The number of nitrogens with zero attached hydrogens (tertiary/aromatic N) is 2. The zero-order valence-corrected chi connectivity index (χ0v) is 20.7. The maximum Gasteiger partial charge on any atom is 0.407 e. The molecule has 0 aliphatic carbocycles. The Hall–Kier alpha value is -3.01. The number of carbonyl (C=O) groups is 4. The lowest BCUT2D eigenvalue weighted by molar-refractivity contribution is -0.131. The van der Waals surface area contributed by atoms with Gasteiger partial charge in [0, 0.05) is 44.8 Å². The van der Waals surface area contributed by atoms with E-state index in [1.54, 1.807) is 26.8 Å². The van der Waals surface area contributed by atoms with Crippen molar-refractivity contribution in [1.82, 2.24) is 15.5 Å². The number of carbonyl (C=O) groups excluding carboxylic acids is 4. The van der Waals surface area contributed by atoms with Crippen LogP contribution >= 0.6 is 11.8 Å². The summed E-state index contributed by atoms with van der Waals surface area (Å²) >= 11 is 0.902. The number of hydrogen-bond donors (Lipinski definition) is 2. The standard InChI is InChI=1S/C24H32N4O5S/c1-24(2,3)33-22(31)25-11-6-10-20(29)28-13-7-12-27(14-15-28)18-9-5-4-8-17(18)16-19-21(30)26-23(32)34-19/h4-5,8-9,16H,6-7,10-15H2,1-3H3,(H,25,31)(H,26,30,32)/b19-16+. The van der Waals surface area contributed by atoms with Crippen molar-refractivity contribution in [3.8, 4) is 0 Å². The monoisotopic (exact) mass is 488 g/mol. The summed E-state index contributed by atoms with van der Waals surface area (Å²) in [5.41, 5.74) is 1.29. The minimum absolute atomic E-state index is 0.0702. The number of thioether (sulfide) groups is 1. The second-order valence-electron chi connectivity index (χ2n) is 9.16. The van der Waals surface area contributed by atoms with Crippen LogP contribution in [0.1, 0.15) is 45.6 Å². The van der Waals surface area contributed by atoms with Gasteiger partial charge in [0.15, 0.2) is 0 Å². The van der Waals surface area contributed by atoms with Crippen LogP contribution in [0.2, 0.25) is 0 Å². The molecule has 2 fully saturated rings. The highest BCUT2D eigenvalue weighted by molar-refractivity contribution is 8.18. The third-order valence-electron chi connectivity index (χ3n) is 5.29. The Morgan fingerprint density at radius 3 is 2.62 bits per heavy atom. The molecule has 0 spiro atoms. The number of para-hydroxylation sites is 1. The van der Waals surface area contributed by atoms with Crippen LogP contribution in [0.3, 0.4) is 0 Å². The average molecular weight is 489 g/mol. The molecule has 4 amide bonds. The van der Waals surface area contributed by atoms with E-state index in [0.717, 1.165) is 36.0 Å². The molecule has 3 rings (SSSR count). The van der Waals surface area contributed by atoms with Gasteiger partial charge in [0.25, 0.3) is 11.1 Å². The molecule has 2 saturated heterocycles. The molecule has 184 valence electrons. The average Bonchev–Trinajstić information content (AvgIpc) is 2.94. The number of nitrogens with one attached hydrogen (secondary N) is 2. The third kappa shape index (κ3) is 7.51. The van der Waals surface area contributed by atoms with Crippen LogP contribution in [0.4, 0.5) is 15.3 Å². The first-order valence-corrected chi connectivity index (χ1v) is 12.3. The Kier molecular flexibility index (Phi) is 8.60. The second kappa shape index (κ2) is 11.4. The van der Waals surface area contributed by atoms with Crippen LogP contribution in [0, 0.1) is 0 Å². The lowest BCUT2D eigenvalue weighted by atomic mass is 10.1. The van der Waals surface area contributed by atoms with E-state index in [4.69, 9.17) is 4.74 Å². The molecule has 2 heterocycles. The summed E-state index contributed by atoms with van der Waals surface area (Å²) in [6.07, 6.45) is 3.00. The molecule has 2 aliphatic heterocycles. The van der Waals surface area contributed by atoms with Gasteiger partial charge in [-0.05, 0) is 63.1 Å². The van der Waals surface area contributed by atoms with Gasteiger partial charge in [0.05, 0.1) is 4.91 Å². The minimum Gasteiger partial charge on any atom is -0.444 e. The Labute approximate surface area is 204 Å².